The number of ketones is 1. The van der Waals surface area contributed by atoms with Crippen molar-refractivity contribution in [1.82, 2.24) is 0 Å². The van der Waals surface area contributed by atoms with Gasteiger partial charge in [-0.15, -0.1) is 0 Å². The molecule has 110 valence electrons. The summed E-state index contributed by atoms with van der Waals surface area (Å²) in [6, 6.07) is 14.3. The number of aromatic hydroxyl groups is 1. The van der Waals surface area contributed by atoms with Crippen LogP contribution in [0.15, 0.2) is 59.0 Å². The molecule has 0 bridgehead atoms. The van der Waals surface area contributed by atoms with Crippen LogP contribution in [-0.2, 0) is 6.42 Å². The summed E-state index contributed by atoms with van der Waals surface area (Å²) in [4.78, 5) is 12.4. The van der Waals surface area contributed by atoms with Crippen LogP contribution in [0, 0.1) is 0 Å². The molecular weight excluding hydrogens is 276 g/mol. The van der Waals surface area contributed by atoms with Gasteiger partial charge in [0, 0.05) is 10.9 Å². The van der Waals surface area contributed by atoms with Crippen LogP contribution in [0.4, 0.5) is 0 Å². The van der Waals surface area contributed by atoms with Crippen LogP contribution in [0.2, 0.25) is 0 Å². The molecule has 0 aliphatic carbocycles. The molecule has 0 radical (unpaired) electrons. The second-order valence-electron chi connectivity index (χ2n) is 5.05. The Labute approximate surface area is 128 Å². The van der Waals surface area contributed by atoms with E-state index in [0.29, 0.717) is 5.76 Å². The van der Waals surface area contributed by atoms with E-state index < -0.39 is 0 Å². The van der Waals surface area contributed by atoms with Gasteiger partial charge in [0.1, 0.15) is 11.3 Å². The number of aryl methyl sites for hydroxylation is 1. The van der Waals surface area contributed by atoms with Gasteiger partial charge in [-0.05, 0) is 36.3 Å². The first-order chi connectivity index (χ1) is 10.7. The van der Waals surface area contributed by atoms with E-state index in [0.717, 1.165) is 28.5 Å². The zero-order valence-electron chi connectivity index (χ0n) is 12.2. The number of phenolic OH excluding ortho intramolecular Hbond substituents is 1. The number of hydrogen-bond acceptors (Lipinski definition) is 3. The first-order valence-corrected chi connectivity index (χ1v) is 7.21. The van der Waals surface area contributed by atoms with E-state index in [1.54, 1.807) is 30.3 Å². The van der Waals surface area contributed by atoms with Gasteiger partial charge in [0.25, 0.3) is 0 Å². The monoisotopic (exact) mass is 292 g/mol. The van der Waals surface area contributed by atoms with Crippen LogP contribution in [0.3, 0.4) is 0 Å². The summed E-state index contributed by atoms with van der Waals surface area (Å²) in [7, 11) is 0. The van der Waals surface area contributed by atoms with Gasteiger partial charge in [-0.2, -0.15) is 0 Å². The lowest BCUT2D eigenvalue weighted by atomic mass is 10.1. The van der Waals surface area contributed by atoms with Crippen LogP contribution < -0.4 is 0 Å². The van der Waals surface area contributed by atoms with Crippen molar-refractivity contribution in [2.45, 2.75) is 13.3 Å². The van der Waals surface area contributed by atoms with E-state index in [1.807, 2.05) is 31.2 Å². The molecule has 0 saturated carbocycles. The number of hydrogen-bond donors (Lipinski definition) is 1. The Morgan fingerprint density at radius 2 is 1.86 bits per heavy atom. The molecule has 0 unspecified atom stereocenters. The van der Waals surface area contributed by atoms with Crippen LogP contribution in [0.1, 0.15) is 28.6 Å². The van der Waals surface area contributed by atoms with Gasteiger partial charge in [0.2, 0.25) is 5.78 Å². The average molecular weight is 292 g/mol. The molecule has 0 fully saturated rings. The molecular formula is C19H16O3. The van der Waals surface area contributed by atoms with Crippen molar-refractivity contribution in [1.29, 1.82) is 0 Å². The number of carbonyl (C=O) groups is 1. The van der Waals surface area contributed by atoms with Gasteiger partial charge in [0.15, 0.2) is 5.76 Å². The summed E-state index contributed by atoms with van der Waals surface area (Å²) < 4.78 is 5.72. The molecule has 3 heteroatoms. The van der Waals surface area contributed by atoms with Crippen LogP contribution in [0.25, 0.3) is 17.0 Å². The lowest BCUT2D eigenvalue weighted by Crippen LogP contribution is -1.96. The third-order valence-corrected chi connectivity index (χ3v) is 3.60. The summed E-state index contributed by atoms with van der Waals surface area (Å²) in [5, 5.41) is 10.2. The molecule has 3 nitrogen and oxygen atoms in total. The van der Waals surface area contributed by atoms with Crippen molar-refractivity contribution in [3.8, 4) is 5.75 Å². The second kappa shape index (κ2) is 5.90. The molecule has 1 N–H and O–H groups in total. The third kappa shape index (κ3) is 2.66. The molecule has 1 heterocycles. The first kappa shape index (κ1) is 14.1. The molecule has 22 heavy (non-hydrogen) atoms. The molecule has 3 aromatic rings. The topological polar surface area (TPSA) is 50.4 Å². The van der Waals surface area contributed by atoms with Crippen molar-refractivity contribution >= 4 is 22.8 Å². The highest BCUT2D eigenvalue weighted by atomic mass is 16.3. The van der Waals surface area contributed by atoms with Crippen molar-refractivity contribution in [3.05, 3.63) is 71.5 Å². The highest BCUT2D eigenvalue weighted by molar-refractivity contribution is 6.08. The third-order valence-electron chi connectivity index (χ3n) is 3.60. The van der Waals surface area contributed by atoms with Crippen LogP contribution >= 0.6 is 0 Å². The fraction of sp³-hybridized carbons (Fsp3) is 0.105. The zero-order valence-corrected chi connectivity index (χ0v) is 12.2. The van der Waals surface area contributed by atoms with E-state index in [2.05, 4.69) is 0 Å². The van der Waals surface area contributed by atoms with E-state index in [1.165, 1.54) is 6.08 Å². The van der Waals surface area contributed by atoms with Crippen molar-refractivity contribution in [3.63, 3.8) is 0 Å². The molecule has 3 rings (SSSR count). The quantitative estimate of drug-likeness (QED) is 0.565. The summed E-state index contributed by atoms with van der Waals surface area (Å²) >= 11 is 0. The summed E-state index contributed by atoms with van der Waals surface area (Å²) in [6.07, 6.45) is 3.96. The number of rotatable bonds is 4. The predicted octanol–water partition coefficient (Wildman–Crippen LogP) is 4.60. The Morgan fingerprint density at radius 1 is 1.14 bits per heavy atom. The molecule has 0 amide bonds. The fourth-order valence-electron chi connectivity index (χ4n) is 2.48. The summed E-state index contributed by atoms with van der Waals surface area (Å²) in [6.45, 7) is 2.01. The minimum atomic E-state index is -0.152. The van der Waals surface area contributed by atoms with Gasteiger partial charge < -0.3 is 9.52 Å². The zero-order chi connectivity index (χ0) is 15.5. The summed E-state index contributed by atoms with van der Waals surface area (Å²) in [5.74, 6) is 0.453. The molecule has 2 aromatic carbocycles. The number of allylic oxidation sites excluding steroid dienone is 1. The normalized spacial score (nSPS) is 11.3. The Balaban J connectivity index is 1.93. The number of phenols is 1. The highest BCUT2D eigenvalue weighted by Gasteiger charge is 2.16. The Bertz CT molecular complexity index is 839. The van der Waals surface area contributed by atoms with Gasteiger partial charge in [-0.1, -0.05) is 43.3 Å². The van der Waals surface area contributed by atoms with Crippen molar-refractivity contribution < 1.29 is 14.3 Å². The number of fused-ring (bicyclic) bond motifs is 1. The Kier molecular flexibility index (Phi) is 3.79. The fourth-order valence-corrected chi connectivity index (χ4v) is 2.48. The standard InChI is InChI=1S/C19H16O3/c1-2-15-16-5-3-4-6-18(16)22-19(15)17(21)12-9-13-7-10-14(20)11-8-13/h3-12,20H,2H2,1H3/b12-9+. The maximum absolute atomic E-state index is 12.4. The minimum absolute atomic E-state index is 0.152. The number of para-hydroxylation sites is 1. The highest BCUT2D eigenvalue weighted by Crippen LogP contribution is 2.27. The number of benzene rings is 2. The molecule has 0 spiro atoms. The van der Waals surface area contributed by atoms with Crippen LogP contribution in [0.5, 0.6) is 5.75 Å². The van der Waals surface area contributed by atoms with Gasteiger partial charge in [-0.3, -0.25) is 4.79 Å². The maximum Gasteiger partial charge on any atom is 0.221 e. The predicted molar refractivity (Wildman–Crippen MR) is 87.1 cm³/mol. The lowest BCUT2D eigenvalue weighted by Gasteiger charge is -1.96. The van der Waals surface area contributed by atoms with E-state index >= 15 is 0 Å². The second-order valence-corrected chi connectivity index (χ2v) is 5.05. The SMILES string of the molecule is CCc1c(C(=O)/C=C/c2ccc(O)cc2)oc2ccccc12. The average Bonchev–Trinajstić information content (AvgIpc) is 2.92. The smallest absolute Gasteiger partial charge is 0.221 e. The first-order valence-electron chi connectivity index (χ1n) is 7.21. The van der Waals surface area contributed by atoms with Gasteiger partial charge >= 0.3 is 0 Å². The Morgan fingerprint density at radius 3 is 2.59 bits per heavy atom. The molecule has 0 aliphatic heterocycles. The van der Waals surface area contributed by atoms with Gasteiger partial charge in [0.05, 0.1) is 0 Å². The number of furan rings is 1. The Hall–Kier alpha value is -2.81. The van der Waals surface area contributed by atoms with Gasteiger partial charge in [-0.25, -0.2) is 0 Å². The maximum atomic E-state index is 12.4. The minimum Gasteiger partial charge on any atom is -0.508 e. The molecule has 0 aliphatic rings. The van der Waals surface area contributed by atoms with Crippen molar-refractivity contribution in [2.75, 3.05) is 0 Å². The molecule has 0 atom stereocenters. The molecule has 1 aromatic heterocycles. The van der Waals surface area contributed by atoms with E-state index in [4.69, 9.17) is 4.42 Å². The lowest BCUT2D eigenvalue weighted by molar-refractivity contribution is 0.102. The largest absolute Gasteiger partial charge is 0.508 e. The van der Waals surface area contributed by atoms with E-state index in [-0.39, 0.29) is 11.5 Å². The van der Waals surface area contributed by atoms with Crippen molar-refractivity contribution in [2.24, 2.45) is 0 Å². The number of carbonyl (C=O) groups excluding carboxylic acids is 1. The molecule has 0 saturated heterocycles. The van der Waals surface area contributed by atoms with Crippen LogP contribution in [-0.4, -0.2) is 10.9 Å². The summed E-state index contributed by atoms with van der Waals surface area (Å²) in [5.41, 5.74) is 2.52. The van der Waals surface area contributed by atoms with E-state index in [9.17, 15) is 9.90 Å².